The first-order chi connectivity index (χ1) is 37.7. The second-order valence-corrected chi connectivity index (χ2v) is 21.1. The van der Waals surface area contributed by atoms with Gasteiger partial charge in [0.05, 0.1) is 18.8 Å². The summed E-state index contributed by atoms with van der Waals surface area (Å²) in [5.41, 5.74) is 0. The standard InChI is InChI=1S/C72H121NO3/c1-3-5-7-9-11-13-15-17-19-21-23-25-27-29-31-33-34-35-36-37-38-40-42-44-46-48-50-52-54-56-58-60-62-64-66-68-72(76)73-70(69-74)71(75)67-65-63-61-59-57-55-53-51-49-47-45-43-41-39-32-30-28-26-24-22-20-18-16-14-12-10-8-6-4-2/h5,7,11,13,17,19,23,25,29,31,34-35,37-38,42,44,48-51,57,59,65,67,70-71,74-75H,3-4,6,8-10,12,14-16,18,20-22,24,26-28,30,32-33,36,39-41,43,45-47,52-56,58,60-64,66,68-69H2,1-2H3,(H,73,76)/b7-5-,13-11-,19-17-,25-23-,31-29-,35-34-,38-37-,44-42-,50-48-,51-49+,59-57+,67-65+. The number of carbonyl (C=O) groups is 1. The number of aliphatic hydroxyl groups excluding tert-OH is 2. The van der Waals surface area contributed by atoms with E-state index >= 15 is 0 Å². The highest BCUT2D eigenvalue weighted by Gasteiger charge is 2.18. The van der Waals surface area contributed by atoms with Crippen LogP contribution in [0.5, 0.6) is 0 Å². The fraction of sp³-hybridized carbons (Fsp3) is 0.653. The van der Waals surface area contributed by atoms with Gasteiger partial charge >= 0.3 is 0 Å². The summed E-state index contributed by atoms with van der Waals surface area (Å²) in [6, 6.07) is -0.665. The van der Waals surface area contributed by atoms with Crippen molar-refractivity contribution in [1.82, 2.24) is 5.32 Å². The van der Waals surface area contributed by atoms with E-state index in [0.29, 0.717) is 6.42 Å². The van der Waals surface area contributed by atoms with Crippen molar-refractivity contribution >= 4 is 5.91 Å². The minimum Gasteiger partial charge on any atom is -0.394 e. The number of unbranched alkanes of at least 4 members (excludes halogenated alkanes) is 28. The van der Waals surface area contributed by atoms with Crippen LogP contribution in [0.2, 0.25) is 0 Å². The Hall–Kier alpha value is -3.73. The lowest BCUT2D eigenvalue weighted by atomic mass is 10.0. The van der Waals surface area contributed by atoms with Gasteiger partial charge in [-0.2, -0.15) is 0 Å². The van der Waals surface area contributed by atoms with E-state index in [2.05, 4.69) is 153 Å². The van der Waals surface area contributed by atoms with Crippen molar-refractivity contribution in [3.05, 3.63) is 146 Å². The van der Waals surface area contributed by atoms with E-state index in [1.54, 1.807) is 6.08 Å². The van der Waals surface area contributed by atoms with Crippen LogP contribution in [0.3, 0.4) is 0 Å². The van der Waals surface area contributed by atoms with E-state index < -0.39 is 12.1 Å². The van der Waals surface area contributed by atoms with Gasteiger partial charge in [-0.1, -0.05) is 307 Å². The maximum Gasteiger partial charge on any atom is 0.220 e. The Balaban J connectivity index is 3.65. The van der Waals surface area contributed by atoms with Crippen LogP contribution in [0.4, 0.5) is 0 Å². The molecular weight excluding hydrogens is 927 g/mol. The molecule has 1 amide bonds. The van der Waals surface area contributed by atoms with Crippen LogP contribution in [0.25, 0.3) is 0 Å². The molecular formula is C72H121NO3. The average Bonchev–Trinajstić information content (AvgIpc) is 3.42. The molecule has 3 N–H and O–H groups in total. The van der Waals surface area contributed by atoms with Gasteiger partial charge < -0.3 is 15.5 Å². The molecule has 0 aliphatic carbocycles. The molecule has 0 rings (SSSR count). The normalized spacial score (nSPS) is 13.8. The molecule has 0 saturated heterocycles. The van der Waals surface area contributed by atoms with Crippen molar-refractivity contribution in [2.75, 3.05) is 6.61 Å². The molecule has 0 bridgehead atoms. The Morgan fingerprint density at radius 1 is 0.329 bits per heavy atom. The molecule has 0 aliphatic heterocycles. The van der Waals surface area contributed by atoms with Gasteiger partial charge in [-0.3, -0.25) is 4.79 Å². The van der Waals surface area contributed by atoms with E-state index in [0.717, 1.165) is 109 Å². The summed E-state index contributed by atoms with van der Waals surface area (Å²) >= 11 is 0. The van der Waals surface area contributed by atoms with Crippen LogP contribution in [0.1, 0.15) is 284 Å². The summed E-state index contributed by atoms with van der Waals surface area (Å²) in [5.74, 6) is -0.0935. The molecule has 4 heteroatoms. The first kappa shape index (κ1) is 72.3. The summed E-state index contributed by atoms with van der Waals surface area (Å²) in [6.45, 7) is 4.19. The zero-order chi connectivity index (χ0) is 54.8. The number of nitrogens with one attached hydrogen (secondary N) is 1. The Morgan fingerprint density at radius 3 is 0.921 bits per heavy atom. The molecule has 0 aromatic carbocycles. The van der Waals surface area contributed by atoms with Gasteiger partial charge in [0.1, 0.15) is 0 Å². The third-order valence-corrected chi connectivity index (χ3v) is 13.8. The molecule has 0 radical (unpaired) electrons. The van der Waals surface area contributed by atoms with E-state index in [1.165, 1.54) is 154 Å². The molecule has 0 aliphatic rings. The molecule has 0 spiro atoms. The molecule has 0 saturated carbocycles. The first-order valence-corrected chi connectivity index (χ1v) is 32.0. The molecule has 2 atom stereocenters. The SMILES string of the molecule is CC/C=C\C/C=C\C/C=C\C/C=C\C/C=C\C/C=C\C/C=C\C/C=C\C/C=C\CCCCCCCCCC(=O)NC(CO)C(O)/C=C/CC/C=C/CC/C=C/CCCCCCCCCCCCCCCCCCCCC. The number of hydrogen-bond acceptors (Lipinski definition) is 3. The lowest BCUT2D eigenvalue weighted by molar-refractivity contribution is -0.123. The summed E-state index contributed by atoms with van der Waals surface area (Å²) < 4.78 is 0. The molecule has 0 fully saturated rings. The van der Waals surface area contributed by atoms with Gasteiger partial charge in [0.25, 0.3) is 0 Å². The van der Waals surface area contributed by atoms with Crippen LogP contribution in [-0.4, -0.2) is 34.9 Å². The second kappa shape index (κ2) is 65.6. The maximum absolute atomic E-state index is 12.5. The summed E-state index contributed by atoms with van der Waals surface area (Å²) in [6.07, 6.45) is 103. The van der Waals surface area contributed by atoms with Gasteiger partial charge in [-0.05, 0) is 116 Å². The molecule has 76 heavy (non-hydrogen) atoms. The van der Waals surface area contributed by atoms with Gasteiger partial charge in [0, 0.05) is 6.42 Å². The topological polar surface area (TPSA) is 69.6 Å². The van der Waals surface area contributed by atoms with Gasteiger partial charge in [-0.25, -0.2) is 0 Å². The Morgan fingerprint density at radius 2 is 0.592 bits per heavy atom. The van der Waals surface area contributed by atoms with Gasteiger partial charge in [-0.15, -0.1) is 0 Å². The highest BCUT2D eigenvalue weighted by atomic mass is 16.3. The molecule has 0 aromatic heterocycles. The van der Waals surface area contributed by atoms with E-state index in [1.807, 2.05) is 6.08 Å². The molecule has 432 valence electrons. The van der Waals surface area contributed by atoms with E-state index in [-0.39, 0.29) is 12.5 Å². The molecule has 0 heterocycles. The summed E-state index contributed by atoms with van der Waals surface area (Å²) in [5, 5.41) is 23.2. The van der Waals surface area contributed by atoms with Crippen molar-refractivity contribution in [2.24, 2.45) is 0 Å². The number of hydrogen-bond donors (Lipinski definition) is 3. The minimum atomic E-state index is -0.888. The van der Waals surface area contributed by atoms with Crippen molar-refractivity contribution in [2.45, 2.75) is 296 Å². The number of carbonyl (C=O) groups excluding carboxylic acids is 1. The molecule has 0 aromatic rings. The zero-order valence-corrected chi connectivity index (χ0v) is 49.7. The first-order valence-electron chi connectivity index (χ1n) is 32.0. The van der Waals surface area contributed by atoms with Crippen molar-refractivity contribution in [3.63, 3.8) is 0 Å². The smallest absolute Gasteiger partial charge is 0.220 e. The number of allylic oxidation sites excluding steroid dienone is 23. The Kier molecular flexibility index (Phi) is 62.3. The van der Waals surface area contributed by atoms with E-state index in [9.17, 15) is 15.0 Å². The third-order valence-electron chi connectivity index (χ3n) is 13.8. The lowest BCUT2D eigenvalue weighted by Crippen LogP contribution is -2.45. The predicted molar refractivity (Wildman–Crippen MR) is 340 cm³/mol. The fourth-order valence-corrected chi connectivity index (χ4v) is 8.97. The summed E-state index contributed by atoms with van der Waals surface area (Å²) in [4.78, 5) is 12.5. The fourth-order valence-electron chi connectivity index (χ4n) is 8.97. The van der Waals surface area contributed by atoms with Gasteiger partial charge in [0.15, 0.2) is 0 Å². The number of amides is 1. The van der Waals surface area contributed by atoms with Crippen molar-refractivity contribution in [1.29, 1.82) is 0 Å². The molecule has 2 unspecified atom stereocenters. The van der Waals surface area contributed by atoms with Crippen LogP contribution in [0, 0.1) is 0 Å². The molecule has 4 nitrogen and oxygen atoms in total. The van der Waals surface area contributed by atoms with Crippen molar-refractivity contribution < 1.29 is 15.0 Å². The Bertz CT molecular complexity index is 1560. The van der Waals surface area contributed by atoms with E-state index in [4.69, 9.17) is 0 Å². The van der Waals surface area contributed by atoms with Crippen LogP contribution < -0.4 is 5.32 Å². The largest absolute Gasteiger partial charge is 0.394 e. The third kappa shape index (κ3) is 61.1. The Labute approximate surface area is 472 Å². The van der Waals surface area contributed by atoms with Crippen LogP contribution >= 0.6 is 0 Å². The highest BCUT2D eigenvalue weighted by Crippen LogP contribution is 2.16. The lowest BCUT2D eigenvalue weighted by Gasteiger charge is -2.19. The number of aliphatic hydroxyl groups is 2. The zero-order valence-electron chi connectivity index (χ0n) is 49.7. The second-order valence-electron chi connectivity index (χ2n) is 21.1. The van der Waals surface area contributed by atoms with Crippen LogP contribution in [0.15, 0.2) is 146 Å². The average molecular weight is 1050 g/mol. The highest BCUT2D eigenvalue weighted by molar-refractivity contribution is 5.76. The number of rotatable bonds is 57. The summed E-state index contributed by atoms with van der Waals surface area (Å²) in [7, 11) is 0. The quantitative estimate of drug-likeness (QED) is 0.0420. The van der Waals surface area contributed by atoms with Crippen LogP contribution in [-0.2, 0) is 4.79 Å². The predicted octanol–water partition coefficient (Wildman–Crippen LogP) is 21.9. The van der Waals surface area contributed by atoms with Gasteiger partial charge in [0.2, 0.25) is 5.91 Å². The minimum absolute atomic E-state index is 0.0935. The maximum atomic E-state index is 12.5. The van der Waals surface area contributed by atoms with Crippen molar-refractivity contribution in [3.8, 4) is 0 Å². The monoisotopic (exact) mass is 1050 g/mol.